The van der Waals surface area contributed by atoms with E-state index >= 15 is 0 Å². The van der Waals surface area contributed by atoms with Crippen LogP contribution >= 0.6 is 0 Å². The zero-order chi connectivity index (χ0) is 23.6. The molecule has 0 bridgehead atoms. The van der Waals surface area contributed by atoms with Gasteiger partial charge in [-0.3, -0.25) is 4.79 Å². The van der Waals surface area contributed by atoms with Crippen LogP contribution in [0.3, 0.4) is 0 Å². The average molecular weight is 463 g/mol. The number of benzene rings is 2. The fourth-order valence-electron chi connectivity index (χ4n) is 4.25. The maximum atomic E-state index is 13.3. The predicted octanol–water partition coefficient (Wildman–Crippen LogP) is 3.17. The van der Waals surface area contributed by atoms with E-state index in [1.165, 1.54) is 16.4 Å². The van der Waals surface area contributed by atoms with Gasteiger partial charge in [0.25, 0.3) is 5.91 Å². The normalized spacial score (nSPS) is 14.8. The molecular weight excluding hydrogens is 436 g/mol. The molecule has 33 heavy (non-hydrogen) atoms. The fourth-order valence-corrected chi connectivity index (χ4v) is 5.82. The molecule has 1 aromatic heterocycles. The van der Waals surface area contributed by atoms with Crippen molar-refractivity contribution in [2.75, 3.05) is 26.2 Å². The lowest BCUT2D eigenvalue weighted by Crippen LogP contribution is -2.50. The summed E-state index contributed by atoms with van der Waals surface area (Å²) in [7, 11) is -3.80. The third-order valence-corrected chi connectivity index (χ3v) is 8.10. The van der Waals surface area contributed by atoms with E-state index in [1.54, 1.807) is 17.0 Å². The second kappa shape index (κ2) is 9.22. The second-order valence-corrected chi connectivity index (χ2v) is 10.1. The summed E-state index contributed by atoms with van der Waals surface area (Å²) in [4.78, 5) is 15.0. The summed E-state index contributed by atoms with van der Waals surface area (Å²) in [5.74, 6) is -0.0862. The standard InChI is InChI=1S/C25H26N4O3S/c1-19-16-23(20(2)29(19)18-21-8-4-3-5-9-21)25(30)27-12-14-28(15-13-27)33(31,32)24-11-7-6-10-22(24)17-26/h3-11,16H,12-15,18H2,1-2H3. The molecule has 0 saturated carbocycles. The minimum atomic E-state index is -3.80. The van der Waals surface area contributed by atoms with Gasteiger partial charge in [0.15, 0.2) is 0 Å². The molecule has 8 heteroatoms. The molecule has 2 aromatic carbocycles. The summed E-state index contributed by atoms with van der Waals surface area (Å²) in [5, 5.41) is 9.28. The summed E-state index contributed by atoms with van der Waals surface area (Å²) < 4.78 is 29.6. The molecule has 170 valence electrons. The third-order valence-electron chi connectivity index (χ3n) is 6.14. The van der Waals surface area contributed by atoms with Crippen molar-refractivity contribution in [2.45, 2.75) is 25.3 Å². The molecule has 0 N–H and O–H groups in total. The first kappa shape index (κ1) is 22.8. The van der Waals surface area contributed by atoms with Crippen LogP contribution in [0.25, 0.3) is 0 Å². The Hall–Kier alpha value is -3.41. The summed E-state index contributed by atoms with van der Waals surface area (Å²) in [6.45, 7) is 5.61. The summed E-state index contributed by atoms with van der Waals surface area (Å²) in [6, 6.07) is 20.2. The van der Waals surface area contributed by atoms with E-state index in [2.05, 4.69) is 16.7 Å². The first-order valence-corrected chi connectivity index (χ1v) is 12.3. The molecule has 2 heterocycles. The SMILES string of the molecule is Cc1cc(C(=O)N2CCN(S(=O)(=O)c3ccccc3C#N)CC2)c(C)n1Cc1ccccc1. The van der Waals surface area contributed by atoms with E-state index in [1.807, 2.05) is 44.2 Å². The lowest BCUT2D eigenvalue weighted by molar-refractivity contribution is 0.0697. The van der Waals surface area contributed by atoms with Gasteiger partial charge in [0.2, 0.25) is 10.0 Å². The van der Waals surface area contributed by atoms with E-state index in [4.69, 9.17) is 0 Å². The number of nitriles is 1. The van der Waals surface area contributed by atoms with E-state index in [9.17, 15) is 18.5 Å². The zero-order valence-electron chi connectivity index (χ0n) is 18.7. The molecule has 7 nitrogen and oxygen atoms in total. The largest absolute Gasteiger partial charge is 0.344 e. The number of nitrogens with zero attached hydrogens (tertiary/aromatic N) is 4. The summed E-state index contributed by atoms with van der Waals surface area (Å²) in [5.41, 5.74) is 3.85. The smallest absolute Gasteiger partial charge is 0.255 e. The quantitative estimate of drug-likeness (QED) is 0.583. The molecule has 0 atom stereocenters. The van der Waals surface area contributed by atoms with E-state index in [0.717, 1.165) is 17.0 Å². The Morgan fingerprint density at radius 3 is 2.27 bits per heavy atom. The highest BCUT2D eigenvalue weighted by atomic mass is 32.2. The number of piperazine rings is 1. The molecule has 1 saturated heterocycles. The molecule has 3 aromatic rings. The van der Waals surface area contributed by atoms with Gasteiger partial charge in [-0.25, -0.2) is 8.42 Å². The summed E-state index contributed by atoms with van der Waals surface area (Å²) in [6.07, 6.45) is 0. The number of sulfonamides is 1. The Morgan fingerprint density at radius 2 is 1.61 bits per heavy atom. The van der Waals surface area contributed by atoms with Gasteiger partial charge in [-0.2, -0.15) is 9.57 Å². The molecule has 1 amide bonds. The zero-order valence-corrected chi connectivity index (χ0v) is 19.5. The molecule has 4 rings (SSSR count). The van der Waals surface area contributed by atoms with Gasteiger partial charge < -0.3 is 9.47 Å². The molecule has 1 fully saturated rings. The van der Waals surface area contributed by atoms with Gasteiger partial charge in [-0.05, 0) is 37.6 Å². The van der Waals surface area contributed by atoms with Gasteiger partial charge in [-0.1, -0.05) is 42.5 Å². The number of aromatic nitrogens is 1. The van der Waals surface area contributed by atoms with Crippen LogP contribution in [0.15, 0.2) is 65.6 Å². The van der Waals surface area contributed by atoms with Crippen LogP contribution in [-0.4, -0.2) is 54.3 Å². The van der Waals surface area contributed by atoms with Crippen LogP contribution in [0.4, 0.5) is 0 Å². The number of hydrogen-bond acceptors (Lipinski definition) is 4. The van der Waals surface area contributed by atoms with Crippen LogP contribution in [0.2, 0.25) is 0 Å². The van der Waals surface area contributed by atoms with Crippen LogP contribution in [0.5, 0.6) is 0 Å². The highest BCUT2D eigenvalue weighted by Crippen LogP contribution is 2.23. The lowest BCUT2D eigenvalue weighted by atomic mass is 10.2. The Kier molecular flexibility index (Phi) is 6.36. The Morgan fingerprint density at radius 1 is 0.970 bits per heavy atom. The fraction of sp³-hybridized carbons (Fsp3) is 0.280. The number of carbonyl (C=O) groups is 1. The maximum Gasteiger partial charge on any atom is 0.255 e. The highest BCUT2D eigenvalue weighted by molar-refractivity contribution is 7.89. The van der Waals surface area contributed by atoms with Gasteiger partial charge in [-0.15, -0.1) is 0 Å². The van der Waals surface area contributed by atoms with E-state index < -0.39 is 10.0 Å². The predicted molar refractivity (Wildman–Crippen MR) is 125 cm³/mol. The van der Waals surface area contributed by atoms with Crippen molar-refractivity contribution in [3.8, 4) is 6.07 Å². The number of rotatable bonds is 5. The molecular formula is C25H26N4O3S. The second-order valence-electron chi connectivity index (χ2n) is 8.16. The topological polar surface area (TPSA) is 86.4 Å². The molecule has 0 unspecified atom stereocenters. The van der Waals surface area contributed by atoms with Crippen molar-refractivity contribution in [2.24, 2.45) is 0 Å². The van der Waals surface area contributed by atoms with Gasteiger partial charge in [0, 0.05) is 44.1 Å². The molecule has 0 aliphatic carbocycles. The molecule has 1 aliphatic rings. The maximum absolute atomic E-state index is 13.3. The van der Waals surface area contributed by atoms with Crippen molar-refractivity contribution in [3.63, 3.8) is 0 Å². The van der Waals surface area contributed by atoms with Gasteiger partial charge in [0.1, 0.15) is 6.07 Å². The van der Waals surface area contributed by atoms with Crippen molar-refractivity contribution in [3.05, 3.63) is 88.7 Å². The van der Waals surface area contributed by atoms with Crippen LogP contribution in [-0.2, 0) is 16.6 Å². The molecule has 0 spiro atoms. The van der Waals surface area contributed by atoms with E-state index in [0.29, 0.717) is 25.2 Å². The lowest BCUT2D eigenvalue weighted by Gasteiger charge is -2.34. The van der Waals surface area contributed by atoms with Crippen molar-refractivity contribution >= 4 is 15.9 Å². The minimum absolute atomic E-state index is 0.0109. The first-order chi connectivity index (χ1) is 15.8. The monoisotopic (exact) mass is 462 g/mol. The average Bonchev–Trinajstić information content (AvgIpc) is 3.12. The number of aryl methyl sites for hydroxylation is 1. The van der Waals surface area contributed by atoms with Crippen LogP contribution < -0.4 is 0 Å². The van der Waals surface area contributed by atoms with Gasteiger partial charge >= 0.3 is 0 Å². The number of carbonyl (C=O) groups excluding carboxylic acids is 1. The minimum Gasteiger partial charge on any atom is -0.344 e. The van der Waals surface area contributed by atoms with Gasteiger partial charge in [0.05, 0.1) is 16.0 Å². The van der Waals surface area contributed by atoms with Crippen LogP contribution in [0, 0.1) is 25.2 Å². The summed E-state index contributed by atoms with van der Waals surface area (Å²) >= 11 is 0. The molecule has 1 aliphatic heterocycles. The van der Waals surface area contributed by atoms with E-state index in [-0.39, 0.29) is 29.5 Å². The highest BCUT2D eigenvalue weighted by Gasteiger charge is 2.32. The van der Waals surface area contributed by atoms with Crippen molar-refractivity contribution in [1.29, 1.82) is 5.26 Å². The third kappa shape index (κ3) is 4.42. The Bertz CT molecular complexity index is 1320. The first-order valence-electron chi connectivity index (χ1n) is 10.8. The number of amides is 1. The Labute approximate surface area is 194 Å². The molecule has 0 radical (unpaired) electrons. The van der Waals surface area contributed by atoms with Crippen molar-refractivity contribution < 1.29 is 13.2 Å². The Balaban J connectivity index is 1.48. The van der Waals surface area contributed by atoms with Crippen molar-refractivity contribution in [1.82, 2.24) is 13.8 Å². The van der Waals surface area contributed by atoms with Crippen LogP contribution in [0.1, 0.15) is 32.9 Å². The number of hydrogen-bond donors (Lipinski definition) is 0.